The molecule has 0 spiro atoms. The monoisotopic (exact) mass is 289 g/mol. The van der Waals surface area contributed by atoms with Crippen LogP contribution >= 0.6 is 11.6 Å². The molecule has 0 aliphatic rings. The standard InChI is InChI=1S/C15H12ClNO3/c1-19-14-7-10(8-17)5-6-13(14)20-15-11(9-18)3-2-4-12(15)16/h2-7,18H,9H2,1H3. The Kier molecular flexibility index (Phi) is 4.46. The fraction of sp³-hybridized carbons (Fsp3) is 0.133. The molecule has 4 nitrogen and oxygen atoms in total. The van der Waals surface area contributed by atoms with E-state index in [1.54, 1.807) is 36.4 Å². The summed E-state index contributed by atoms with van der Waals surface area (Å²) in [6.45, 7) is -0.186. The molecule has 0 fully saturated rings. The number of para-hydroxylation sites is 1. The zero-order valence-corrected chi connectivity index (χ0v) is 11.5. The molecule has 2 aromatic rings. The minimum absolute atomic E-state index is 0.186. The van der Waals surface area contributed by atoms with E-state index in [0.717, 1.165) is 0 Å². The molecule has 20 heavy (non-hydrogen) atoms. The van der Waals surface area contributed by atoms with Gasteiger partial charge < -0.3 is 14.6 Å². The molecule has 0 aliphatic carbocycles. The Morgan fingerprint density at radius 2 is 2.05 bits per heavy atom. The van der Waals surface area contributed by atoms with Crippen molar-refractivity contribution < 1.29 is 14.6 Å². The maximum Gasteiger partial charge on any atom is 0.169 e. The third-order valence-electron chi connectivity index (χ3n) is 2.72. The predicted molar refractivity (Wildman–Crippen MR) is 75.2 cm³/mol. The predicted octanol–water partition coefficient (Wildman–Crippen LogP) is 3.50. The van der Waals surface area contributed by atoms with Crippen LogP contribution in [0.4, 0.5) is 0 Å². The summed E-state index contributed by atoms with van der Waals surface area (Å²) >= 11 is 6.08. The van der Waals surface area contributed by atoms with Crippen LogP contribution in [-0.4, -0.2) is 12.2 Å². The zero-order chi connectivity index (χ0) is 14.5. The van der Waals surface area contributed by atoms with Gasteiger partial charge in [-0.05, 0) is 18.2 Å². The maximum absolute atomic E-state index is 9.32. The van der Waals surface area contributed by atoms with Gasteiger partial charge in [-0.1, -0.05) is 23.7 Å². The summed E-state index contributed by atoms with van der Waals surface area (Å²) in [6.07, 6.45) is 0. The van der Waals surface area contributed by atoms with Gasteiger partial charge in [0.25, 0.3) is 0 Å². The number of nitriles is 1. The van der Waals surface area contributed by atoms with Crippen LogP contribution in [0.15, 0.2) is 36.4 Å². The highest BCUT2D eigenvalue weighted by Crippen LogP contribution is 2.37. The van der Waals surface area contributed by atoms with Crippen LogP contribution in [0.1, 0.15) is 11.1 Å². The molecule has 0 unspecified atom stereocenters. The molecule has 0 heterocycles. The Hall–Kier alpha value is -2.22. The van der Waals surface area contributed by atoms with Crippen molar-refractivity contribution in [2.45, 2.75) is 6.61 Å². The van der Waals surface area contributed by atoms with Crippen molar-refractivity contribution in [3.05, 3.63) is 52.5 Å². The summed E-state index contributed by atoms with van der Waals surface area (Å²) in [5, 5.41) is 18.6. The Labute approximate surface area is 121 Å². The van der Waals surface area contributed by atoms with E-state index in [0.29, 0.717) is 33.4 Å². The van der Waals surface area contributed by atoms with Crippen LogP contribution in [0, 0.1) is 11.3 Å². The topological polar surface area (TPSA) is 62.5 Å². The normalized spacial score (nSPS) is 9.90. The average molecular weight is 290 g/mol. The average Bonchev–Trinajstić information content (AvgIpc) is 2.49. The quantitative estimate of drug-likeness (QED) is 0.935. The van der Waals surface area contributed by atoms with Gasteiger partial charge in [0, 0.05) is 11.6 Å². The molecule has 0 radical (unpaired) electrons. The van der Waals surface area contributed by atoms with Crippen molar-refractivity contribution >= 4 is 11.6 Å². The summed E-state index contributed by atoms with van der Waals surface area (Å²) in [6, 6.07) is 12.0. The van der Waals surface area contributed by atoms with Gasteiger partial charge in [-0.2, -0.15) is 5.26 Å². The number of methoxy groups -OCH3 is 1. The fourth-order valence-corrected chi connectivity index (χ4v) is 1.96. The summed E-state index contributed by atoms with van der Waals surface area (Å²) in [5.74, 6) is 1.22. The van der Waals surface area contributed by atoms with E-state index < -0.39 is 0 Å². The summed E-state index contributed by atoms with van der Waals surface area (Å²) in [5.41, 5.74) is 1.04. The molecule has 2 rings (SSSR count). The van der Waals surface area contributed by atoms with Gasteiger partial charge in [0.1, 0.15) is 0 Å². The van der Waals surface area contributed by atoms with Crippen molar-refractivity contribution in [2.24, 2.45) is 0 Å². The SMILES string of the molecule is COc1cc(C#N)ccc1Oc1c(Cl)cccc1CO. The smallest absolute Gasteiger partial charge is 0.169 e. The van der Waals surface area contributed by atoms with Crippen LogP contribution in [0.25, 0.3) is 0 Å². The molecule has 0 aliphatic heterocycles. The van der Waals surface area contributed by atoms with Crippen molar-refractivity contribution in [3.8, 4) is 23.3 Å². The number of benzene rings is 2. The molecule has 0 bridgehead atoms. The van der Waals surface area contributed by atoms with Gasteiger partial charge in [-0.25, -0.2) is 0 Å². The first-order valence-corrected chi connectivity index (χ1v) is 6.21. The third kappa shape index (κ3) is 2.85. The lowest BCUT2D eigenvalue weighted by atomic mass is 10.2. The lowest BCUT2D eigenvalue weighted by Crippen LogP contribution is -1.95. The van der Waals surface area contributed by atoms with Crippen LogP contribution in [0.5, 0.6) is 17.2 Å². The van der Waals surface area contributed by atoms with Crippen LogP contribution in [0.2, 0.25) is 5.02 Å². The van der Waals surface area contributed by atoms with Crippen molar-refractivity contribution in [1.29, 1.82) is 5.26 Å². The minimum atomic E-state index is -0.186. The van der Waals surface area contributed by atoms with Crippen molar-refractivity contribution in [3.63, 3.8) is 0 Å². The zero-order valence-electron chi connectivity index (χ0n) is 10.8. The van der Waals surface area contributed by atoms with Crippen molar-refractivity contribution in [2.75, 3.05) is 7.11 Å². The highest BCUT2D eigenvalue weighted by atomic mass is 35.5. The number of ether oxygens (including phenoxy) is 2. The number of halogens is 1. The Morgan fingerprint density at radius 1 is 1.25 bits per heavy atom. The Balaban J connectivity index is 2.43. The fourth-order valence-electron chi connectivity index (χ4n) is 1.72. The molecule has 1 N–H and O–H groups in total. The van der Waals surface area contributed by atoms with Gasteiger partial charge in [-0.15, -0.1) is 0 Å². The number of aliphatic hydroxyl groups is 1. The van der Waals surface area contributed by atoms with E-state index in [1.807, 2.05) is 6.07 Å². The number of aliphatic hydroxyl groups excluding tert-OH is 1. The molecule has 0 saturated heterocycles. The number of nitrogens with zero attached hydrogens (tertiary/aromatic N) is 1. The number of hydrogen-bond acceptors (Lipinski definition) is 4. The van der Waals surface area contributed by atoms with Gasteiger partial charge in [-0.3, -0.25) is 0 Å². The molecular formula is C15H12ClNO3. The van der Waals surface area contributed by atoms with Crippen LogP contribution < -0.4 is 9.47 Å². The summed E-state index contributed by atoms with van der Waals surface area (Å²) in [4.78, 5) is 0. The Morgan fingerprint density at radius 3 is 2.70 bits per heavy atom. The first-order valence-electron chi connectivity index (χ1n) is 5.84. The van der Waals surface area contributed by atoms with E-state index in [-0.39, 0.29) is 6.61 Å². The molecule has 0 saturated carbocycles. The summed E-state index contributed by atoms with van der Waals surface area (Å²) in [7, 11) is 1.49. The molecular weight excluding hydrogens is 278 g/mol. The second kappa shape index (κ2) is 6.29. The molecule has 0 atom stereocenters. The van der Waals surface area contributed by atoms with E-state index in [4.69, 9.17) is 26.3 Å². The second-order valence-electron chi connectivity index (χ2n) is 3.97. The maximum atomic E-state index is 9.32. The van der Waals surface area contributed by atoms with Crippen LogP contribution in [0.3, 0.4) is 0 Å². The minimum Gasteiger partial charge on any atom is -0.493 e. The third-order valence-corrected chi connectivity index (χ3v) is 3.02. The molecule has 0 amide bonds. The first kappa shape index (κ1) is 14.2. The number of rotatable bonds is 4. The number of hydrogen-bond donors (Lipinski definition) is 1. The van der Waals surface area contributed by atoms with E-state index in [9.17, 15) is 5.11 Å². The van der Waals surface area contributed by atoms with E-state index in [2.05, 4.69) is 0 Å². The van der Waals surface area contributed by atoms with Gasteiger partial charge in [0.15, 0.2) is 17.2 Å². The largest absolute Gasteiger partial charge is 0.493 e. The lowest BCUT2D eigenvalue weighted by Gasteiger charge is -2.14. The van der Waals surface area contributed by atoms with Gasteiger partial charge in [0.05, 0.1) is 30.4 Å². The first-order chi connectivity index (χ1) is 9.69. The Bertz CT molecular complexity index is 665. The van der Waals surface area contributed by atoms with Crippen molar-refractivity contribution in [1.82, 2.24) is 0 Å². The lowest BCUT2D eigenvalue weighted by molar-refractivity contribution is 0.275. The van der Waals surface area contributed by atoms with Crippen LogP contribution in [-0.2, 0) is 6.61 Å². The highest BCUT2D eigenvalue weighted by Gasteiger charge is 2.12. The van der Waals surface area contributed by atoms with E-state index in [1.165, 1.54) is 7.11 Å². The molecule has 102 valence electrons. The molecule has 2 aromatic carbocycles. The summed E-state index contributed by atoms with van der Waals surface area (Å²) < 4.78 is 10.9. The molecule has 0 aromatic heterocycles. The second-order valence-corrected chi connectivity index (χ2v) is 4.37. The van der Waals surface area contributed by atoms with E-state index >= 15 is 0 Å². The molecule has 5 heteroatoms. The van der Waals surface area contributed by atoms with Gasteiger partial charge >= 0.3 is 0 Å². The highest BCUT2D eigenvalue weighted by molar-refractivity contribution is 6.32. The van der Waals surface area contributed by atoms with Gasteiger partial charge in [0.2, 0.25) is 0 Å².